The first-order valence-corrected chi connectivity index (χ1v) is 6.31. The molecule has 1 amide bonds. The predicted molar refractivity (Wildman–Crippen MR) is 71.4 cm³/mol. The molecule has 1 aliphatic heterocycles. The molecule has 1 aromatic heterocycles. The normalized spacial score (nSPS) is 16.7. The van der Waals surface area contributed by atoms with Gasteiger partial charge in [-0.15, -0.1) is 0 Å². The molecule has 6 heteroatoms. The third kappa shape index (κ3) is 3.66. The summed E-state index contributed by atoms with van der Waals surface area (Å²) in [7, 11) is 0. The Hall–Kier alpha value is -2.13. The molecule has 19 heavy (non-hydrogen) atoms. The Bertz CT molecular complexity index is 479. The van der Waals surface area contributed by atoms with E-state index in [9.17, 15) is 4.79 Å². The van der Waals surface area contributed by atoms with Crippen molar-refractivity contribution in [3.05, 3.63) is 23.9 Å². The molecule has 0 atom stereocenters. The summed E-state index contributed by atoms with van der Waals surface area (Å²) in [6, 6.07) is 5.69. The molecule has 0 aliphatic carbocycles. The van der Waals surface area contributed by atoms with E-state index in [4.69, 9.17) is 11.0 Å². The van der Waals surface area contributed by atoms with Crippen LogP contribution in [-0.2, 0) is 4.79 Å². The second-order valence-electron chi connectivity index (χ2n) is 4.60. The van der Waals surface area contributed by atoms with E-state index in [0.717, 1.165) is 38.4 Å². The van der Waals surface area contributed by atoms with Crippen molar-refractivity contribution in [1.82, 2.24) is 9.88 Å². The summed E-state index contributed by atoms with van der Waals surface area (Å²) in [5.41, 5.74) is 5.78. The summed E-state index contributed by atoms with van der Waals surface area (Å²) in [6.45, 7) is 3.69. The number of nitrogens with zero attached hydrogens (tertiary/aromatic N) is 4. The first kappa shape index (κ1) is 13.3. The lowest BCUT2D eigenvalue weighted by molar-refractivity contribution is -0.119. The first-order chi connectivity index (χ1) is 9.19. The molecular formula is C13H17N5O. The number of hydrogen-bond donors (Lipinski definition) is 1. The molecule has 100 valence electrons. The smallest absolute Gasteiger partial charge is 0.231 e. The average Bonchev–Trinajstić information content (AvgIpc) is 2.64. The second kappa shape index (κ2) is 6.16. The van der Waals surface area contributed by atoms with E-state index in [1.165, 1.54) is 0 Å². The Morgan fingerprint density at radius 3 is 2.84 bits per heavy atom. The average molecular weight is 259 g/mol. The van der Waals surface area contributed by atoms with Gasteiger partial charge in [-0.1, -0.05) is 0 Å². The van der Waals surface area contributed by atoms with Gasteiger partial charge >= 0.3 is 0 Å². The van der Waals surface area contributed by atoms with E-state index in [1.807, 2.05) is 6.07 Å². The highest BCUT2D eigenvalue weighted by molar-refractivity contribution is 5.75. The standard InChI is InChI=1S/C13H17N5O/c14-8-11-2-3-13(16-9-11)18-5-1-4-17(6-7-18)10-12(15)19/h2-3,9H,1,4-7,10H2,(H2,15,19). The molecule has 1 fully saturated rings. The Balaban J connectivity index is 1.98. The fourth-order valence-electron chi connectivity index (χ4n) is 2.22. The Kier molecular flexibility index (Phi) is 4.31. The highest BCUT2D eigenvalue weighted by Gasteiger charge is 2.16. The van der Waals surface area contributed by atoms with Crippen molar-refractivity contribution in [2.45, 2.75) is 6.42 Å². The van der Waals surface area contributed by atoms with Crippen LogP contribution in [0.1, 0.15) is 12.0 Å². The first-order valence-electron chi connectivity index (χ1n) is 6.31. The van der Waals surface area contributed by atoms with Crippen molar-refractivity contribution in [3.63, 3.8) is 0 Å². The molecule has 2 rings (SSSR count). The van der Waals surface area contributed by atoms with Gasteiger partial charge in [0, 0.05) is 32.4 Å². The Morgan fingerprint density at radius 2 is 2.21 bits per heavy atom. The molecular weight excluding hydrogens is 242 g/mol. The molecule has 0 bridgehead atoms. The van der Waals surface area contributed by atoms with Crippen molar-refractivity contribution in [2.75, 3.05) is 37.6 Å². The van der Waals surface area contributed by atoms with Gasteiger partial charge in [0.15, 0.2) is 0 Å². The maximum atomic E-state index is 10.9. The molecule has 0 aromatic carbocycles. The van der Waals surface area contributed by atoms with E-state index in [2.05, 4.69) is 20.9 Å². The lowest BCUT2D eigenvalue weighted by Gasteiger charge is -2.22. The zero-order chi connectivity index (χ0) is 13.7. The van der Waals surface area contributed by atoms with Crippen LogP contribution in [0.2, 0.25) is 0 Å². The van der Waals surface area contributed by atoms with Gasteiger partial charge < -0.3 is 10.6 Å². The fourth-order valence-corrected chi connectivity index (χ4v) is 2.22. The van der Waals surface area contributed by atoms with E-state index in [-0.39, 0.29) is 5.91 Å². The van der Waals surface area contributed by atoms with Gasteiger partial charge in [-0.2, -0.15) is 5.26 Å². The molecule has 0 radical (unpaired) electrons. The number of aromatic nitrogens is 1. The summed E-state index contributed by atoms with van der Waals surface area (Å²) >= 11 is 0. The molecule has 2 heterocycles. The summed E-state index contributed by atoms with van der Waals surface area (Å²) in [5.74, 6) is 0.588. The number of amides is 1. The van der Waals surface area contributed by atoms with Crippen molar-refractivity contribution in [3.8, 4) is 6.07 Å². The molecule has 2 N–H and O–H groups in total. The van der Waals surface area contributed by atoms with Gasteiger partial charge in [0.25, 0.3) is 0 Å². The van der Waals surface area contributed by atoms with Crippen LogP contribution in [0.4, 0.5) is 5.82 Å². The van der Waals surface area contributed by atoms with Crippen LogP contribution in [-0.4, -0.2) is 48.5 Å². The van der Waals surface area contributed by atoms with Crippen LogP contribution in [0.25, 0.3) is 0 Å². The highest BCUT2D eigenvalue weighted by atomic mass is 16.1. The number of carbonyl (C=O) groups excluding carboxylic acids is 1. The zero-order valence-corrected chi connectivity index (χ0v) is 10.7. The number of primary amides is 1. The Labute approximate surface area is 112 Å². The zero-order valence-electron chi connectivity index (χ0n) is 10.7. The predicted octanol–water partition coefficient (Wildman–Crippen LogP) is -0.0493. The van der Waals surface area contributed by atoms with Crippen LogP contribution in [0.5, 0.6) is 0 Å². The summed E-state index contributed by atoms with van der Waals surface area (Å²) in [4.78, 5) is 19.5. The topological polar surface area (TPSA) is 86.3 Å². The summed E-state index contributed by atoms with van der Waals surface area (Å²) in [5, 5.41) is 8.75. The number of rotatable bonds is 3. The summed E-state index contributed by atoms with van der Waals surface area (Å²) in [6.07, 6.45) is 2.55. The molecule has 1 saturated heterocycles. The minimum absolute atomic E-state index is 0.287. The largest absolute Gasteiger partial charge is 0.369 e. The van der Waals surface area contributed by atoms with Gasteiger partial charge in [-0.3, -0.25) is 9.69 Å². The molecule has 0 spiro atoms. The van der Waals surface area contributed by atoms with Gasteiger partial charge in [0.05, 0.1) is 12.1 Å². The number of hydrogen-bond acceptors (Lipinski definition) is 5. The maximum Gasteiger partial charge on any atom is 0.231 e. The summed E-state index contributed by atoms with van der Waals surface area (Å²) < 4.78 is 0. The van der Waals surface area contributed by atoms with E-state index in [1.54, 1.807) is 12.3 Å². The highest BCUT2D eigenvalue weighted by Crippen LogP contribution is 2.13. The number of carbonyl (C=O) groups is 1. The number of nitriles is 1. The number of nitrogens with two attached hydrogens (primary N) is 1. The lowest BCUT2D eigenvalue weighted by Crippen LogP contribution is -2.36. The molecule has 1 aromatic rings. The monoisotopic (exact) mass is 259 g/mol. The number of anilines is 1. The molecule has 6 nitrogen and oxygen atoms in total. The third-order valence-electron chi connectivity index (χ3n) is 3.17. The van der Waals surface area contributed by atoms with Crippen LogP contribution in [0.3, 0.4) is 0 Å². The van der Waals surface area contributed by atoms with Crippen LogP contribution >= 0.6 is 0 Å². The minimum atomic E-state index is -0.287. The molecule has 1 aliphatic rings. The lowest BCUT2D eigenvalue weighted by atomic mass is 10.3. The van der Waals surface area contributed by atoms with Crippen molar-refractivity contribution in [1.29, 1.82) is 5.26 Å². The van der Waals surface area contributed by atoms with Gasteiger partial charge in [0.2, 0.25) is 5.91 Å². The Morgan fingerprint density at radius 1 is 1.37 bits per heavy atom. The minimum Gasteiger partial charge on any atom is -0.369 e. The van der Waals surface area contributed by atoms with Gasteiger partial charge in [-0.05, 0) is 18.6 Å². The van der Waals surface area contributed by atoms with Crippen molar-refractivity contribution >= 4 is 11.7 Å². The van der Waals surface area contributed by atoms with Gasteiger partial charge in [0.1, 0.15) is 11.9 Å². The molecule has 0 unspecified atom stereocenters. The van der Waals surface area contributed by atoms with Gasteiger partial charge in [-0.25, -0.2) is 4.98 Å². The third-order valence-corrected chi connectivity index (χ3v) is 3.17. The maximum absolute atomic E-state index is 10.9. The van der Waals surface area contributed by atoms with E-state index >= 15 is 0 Å². The van der Waals surface area contributed by atoms with Crippen molar-refractivity contribution < 1.29 is 4.79 Å². The van der Waals surface area contributed by atoms with E-state index in [0.29, 0.717) is 12.1 Å². The number of pyridine rings is 1. The SMILES string of the molecule is N#Cc1ccc(N2CCCN(CC(N)=O)CC2)nc1. The second-order valence-corrected chi connectivity index (χ2v) is 4.60. The van der Waals surface area contributed by atoms with Crippen LogP contribution in [0, 0.1) is 11.3 Å². The van der Waals surface area contributed by atoms with Crippen LogP contribution < -0.4 is 10.6 Å². The molecule has 0 saturated carbocycles. The quantitative estimate of drug-likeness (QED) is 0.822. The van der Waals surface area contributed by atoms with Crippen LogP contribution in [0.15, 0.2) is 18.3 Å². The fraction of sp³-hybridized carbons (Fsp3) is 0.462. The van der Waals surface area contributed by atoms with E-state index < -0.39 is 0 Å². The van der Waals surface area contributed by atoms with Crippen molar-refractivity contribution in [2.24, 2.45) is 5.73 Å².